The van der Waals surface area contributed by atoms with E-state index in [2.05, 4.69) is 0 Å². The third-order valence-electron chi connectivity index (χ3n) is 2.17. The molecule has 100 valence electrons. The molecule has 1 rings (SSSR count). The van der Waals surface area contributed by atoms with Crippen molar-refractivity contribution in [1.29, 1.82) is 0 Å². The number of nitro benzene ring substituents is 1. The van der Waals surface area contributed by atoms with Crippen LogP contribution in [0.15, 0.2) is 18.2 Å². The van der Waals surface area contributed by atoms with Crippen LogP contribution in [0.4, 0.5) is 5.69 Å². The average Bonchev–Trinajstić information content (AvgIpc) is 2.22. The Bertz CT molecular complexity index is 543. The molecule has 0 aliphatic carbocycles. The van der Waals surface area contributed by atoms with Gasteiger partial charge in [-0.2, -0.15) is 0 Å². The molecule has 0 bridgehead atoms. The van der Waals surface area contributed by atoms with Gasteiger partial charge in [-0.3, -0.25) is 10.1 Å². The highest BCUT2D eigenvalue weighted by atomic mass is 35.7. The van der Waals surface area contributed by atoms with Gasteiger partial charge in [-0.25, -0.2) is 8.42 Å². The fraction of sp³-hybridized carbons (Fsp3) is 0.400. The summed E-state index contributed by atoms with van der Waals surface area (Å²) >= 11 is 0. The van der Waals surface area contributed by atoms with E-state index >= 15 is 0 Å². The maximum atomic E-state index is 10.8. The molecular formula is C10H12ClNO5S. The molecule has 0 aliphatic rings. The molecule has 0 heterocycles. The highest BCUT2D eigenvalue weighted by molar-refractivity contribution is 8.13. The van der Waals surface area contributed by atoms with Crippen LogP contribution in [0.1, 0.15) is 12.0 Å². The smallest absolute Gasteiger partial charge is 0.313 e. The summed E-state index contributed by atoms with van der Waals surface area (Å²) in [7, 11) is 1.48. The van der Waals surface area contributed by atoms with Crippen LogP contribution in [0.3, 0.4) is 0 Å². The lowest BCUT2D eigenvalue weighted by Crippen LogP contribution is -2.06. The van der Waals surface area contributed by atoms with Gasteiger partial charge in [-0.1, -0.05) is 12.1 Å². The summed E-state index contributed by atoms with van der Waals surface area (Å²) < 4.78 is 26.6. The van der Waals surface area contributed by atoms with Crippen LogP contribution in [0.5, 0.6) is 5.75 Å². The van der Waals surface area contributed by atoms with Crippen molar-refractivity contribution < 1.29 is 18.1 Å². The predicted molar refractivity (Wildman–Crippen MR) is 67.6 cm³/mol. The number of aryl methyl sites for hydroxylation is 1. The van der Waals surface area contributed by atoms with Gasteiger partial charge >= 0.3 is 5.69 Å². The molecular weight excluding hydrogens is 282 g/mol. The quantitative estimate of drug-likeness (QED) is 0.347. The minimum absolute atomic E-state index is 0.0518. The molecule has 6 nitrogen and oxygen atoms in total. The standard InChI is InChI=1S/C10H12ClNO5S/c1-8-4-2-5-9(10(8)12(13)14)17-6-3-7-18(11,15)16/h2,4-5H,3,6-7H2,1H3. The fourth-order valence-electron chi connectivity index (χ4n) is 1.40. The van der Waals surface area contributed by atoms with Crippen molar-refractivity contribution in [2.45, 2.75) is 13.3 Å². The molecule has 0 radical (unpaired) electrons. The topological polar surface area (TPSA) is 86.5 Å². The summed E-state index contributed by atoms with van der Waals surface area (Å²) in [4.78, 5) is 10.3. The SMILES string of the molecule is Cc1cccc(OCCCS(=O)(=O)Cl)c1[N+](=O)[O-]. The van der Waals surface area contributed by atoms with E-state index in [0.29, 0.717) is 5.56 Å². The highest BCUT2D eigenvalue weighted by Gasteiger charge is 2.18. The van der Waals surface area contributed by atoms with Crippen LogP contribution in [0.2, 0.25) is 0 Å². The van der Waals surface area contributed by atoms with Crippen molar-refractivity contribution >= 4 is 25.4 Å². The Labute approximate surface area is 109 Å². The van der Waals surface area contributed by atoms with Gasteiger partial charge in [0.2, 0.25) is 9.05 Å². The van der Waals surface area contributed by atoms with Crippen molar-refractivity contribution in [2.75, 3.05) is 12.4 Å². The summed E-state index contributed by atoms with van der Waals surface area (Å²) in [5, 5.41) is 10.8. The minimum Gasteiger partial charge on any atom is -0.487 e. The molecule has 0 aromatic heterocycles. The highest BCUT2D eigenvalue weighted by Crippen LogP contribution is 2.30. The number of ether oxygens (including phenoxy) is 1. The van der Waals surface area contributed by atoms with Gasteiger partial charge in [-0.15, -0.1) is 0 Å². The summed E-state index contributed by atoms with van der Waals surface area (Å²) in [6.45, 7) is 1.66. The van der Waals surface area contributed by atoms with E-state index in [4.69, 9.17) is 15.4 Å². The van der Waals surface area contributed by atoms with Gasteiger partial charge in [0, 0.05) is 16.2 Å². The zero-order valence-electron chi connectivity index (χ0n) is 9.63. The monoisotopic (exact) mass is 293 g/mol. The van der Waals surface area contributed by atoms with Gasteiger partial charge in [0.1, 0.15) is 0 Å². The van der Waals surface area contributed by atoms with Crippen molar-refractivity contribution in [3.8, 4) is 5.75 Å². The van der Waals surface area contributed by atoms with E-state index in [1.165, 1.54) is 6.07 Å². The second-order valence-corrected chi connectivity index (χ2v) is 6.52. The Morgan fingerprint density at radius 3 is 2.67 bits per heavy atom. The average molecular weight is 294 g/mol. The molecule has 0 atom stereocenters. The maximum Gasteiger partial charge on any atom is 0.313 e. The fourth-order valence-corrected chi connectivity index (χ4v) is 2.19. The minimum atomic E-state index is -3.55. The normalized spacial score (nSPS) is 11.2. The molecule has 0 unspecified atom stereocenters. The summed E-state index contributed by atoms with van der Waals surface area (Å²) in [5.41, 5.74) is 0.383. The van der Waals surface area contributed by atoms with Gasteiger partial charge < -0.3 is 4.74 Å². The lowest BCUT2D eigenvalue weighted by atomic mass is 10.2. The Morgan fingerprint density at radius 1 is 1.44 bits per heavy atom. The zero-order chi connectivity index (χ0) is 13.8. The van der Waals surface area contributed by atoms with E-state index in [1.54, 1.807) is 19.1 Å². The molecule has 0 amide bonds. The van der Waals surface area contributed by atoms with Gasteiger partial charge in [-0.05, 0) is 19.4 Å². The number of nitrogens with zero attached hydrogens (tertiary/aromatic N) is 1. The van der Waals surface area contributed by atoms with Gasteiger partial charge in [0.15, 0.2) is 5.75 Å². The van der Waals surface area contributed by atoms with Crippen LogP contribution < -0.4 is 4.74 Å². The van der Waals surface area contributed by atoms with Crippen LogP contribution in [-0.2, 0) is 9.05 Å². The van der Waals surface area contributed by atoms with Crippen molar-refractivity contribution in [2.24, 2.45) is 0 Å². The number of hydrogen-bond donors (Lipinski definition) is 0. The van der Waals surface area contributed by atoms with Crippen molar-refractivity contribution in [3.63, 3.8) is 0 Å². The first-order valence-corrected chi connectivity index (χ1v) is 7.58. The first-order chi connectivity index (χ1) is 8.31. The second kappa shape index (κ2) is 6.01. The van der Waals surface area contributed by atoms with Crippen molar-refractivity contribution in [3.05, 3.63) is 33.9 Å². The van der Waals surface area contributed by atoms with Crippen LogP contribution in [-0.4, -0.2) is 25.7 Å². The van der Waals surface area contributed by atoms with Crippen LogP contribution in [0, 0.1) is 17.0 Å². The van der Waals surface area contributed by atoms with E-state index in [1.807, 2.05) is 0 Å². The molecule has 0 saturated heterocycles. The molecule has 0 spiro atoms. The number of hydrogen-bond acceptors (Lipinski definition) is 5. The summed E-state index contributed by atoms with van der Waals surface area (Å²) in [6.07, 6.45) is 0.178. The molecule has 0 N–H and O–H groups in total. The first kappa shape index (κ1) is 14.7. The molecule has 0 fully saturated rings. The van der Waals surface area contributed by atoms with Crippen LogP contribution in [0.25, 0.3) is 0 Å². The van der Waals surface area contributed by atoms with Gasteiger partial charge in [0.05, 0.1) is 17.3 Å². The number of benzene rings is 1. The molecule has 0 saturated carbocycles. The molecule has 1 aromatic carbocycles. The van der Waals surface area contributed by atoms with E-state index in [0.717, 1.165) is 0 Å². The lowest BCUT2D eigenvalue weighted by molar-refractivity contribution is -0.386. The number of rotatable bonds is 6. The number of para-hydroxylation sites is 1. The Hall–Kier alpha value is -1.34. The maximum absolute atomic E-state index is 10.8. The first-order valence-electron chi connectivity index (χ1n) is 5.10. The second-order valence-electron chi connectivity index (χ2n) is 3.62. The number of halogens is 1. The molecule has 8 heteroatoms. The summed E-state index contributed by atoms with van der Waals surface area (Å²) in [6, 6.07) is 4.71. The largest absolute Gasteiger partial charge is 0.487 e. The third-order valence-corrected chi connectivity index (χ3v) is 3.41. The Morgan fingerprint density at radius 2 is 2.11 bits per heavy atom. The van der Waals surface area contributed by atoms with Crippen molar-refractivity contribution in [1.82, 2.24) is 0 Å². The molecule has 18 heavy (non-hydrogen) atoms. The molecule has 1 aromatic rings. The predicted octanol–water partition coefficient (Wildman–Crippen LogP) is 2.24. The number of nitro groups is 1. The van der Waals surface area contributed by atoms with E-state index in [9.17, 15) is 18.5 Å². The zero-order valence-corrected chi connectivity index (χ0v) is 11.2. The van der Waals surface area contributed by atoms with E-state index < -0.39 is 14.0 Å². The Kier molecular flexibility index (Phi) is 4.92. The van der Waals surface area contributed by atoms with Gasteiger partial charge in [0.25, 0.3) is 0 Å². The third kappa shape index (κ3) is 4.50. The van der Waals surface area contributed by atoms with E-state index in [-0.39, 0.29) is 30.2 Å². The summed E-state index contributed by atoms with van der Waals surface area (Å²) in [5.74, 6) is -0.0966. The van der Waals surface area contributed by atoms with Crippen LogP contribution >= 0.6 is 10.7 Å². The Balaban J connectivity index is 2.68. The molecule has 0 aliphatic heterocycles. The lowest BCUT2D eigenvalue weighted by Gasteiger charge is -2.07.